The van der Waals surface area contributed by atoms with Gasteiger partial charge in [-0.2, -0.15) is 0 Å². The minimum atomic E-state index is -0.800. The molecular weight excluding hydrogens is 436 g/mol. The Balaban J connectivity index is 2.07. The highest BCUT2D eigenvalue weighted by molar-refractivity contribution is 6.03. The van der Waals surface area contributed by atoms with Crippen molar-refractivity contribution < 1.29 is 9.59 Å². The zero-order valence-electron chi connectivity index (χ0n) is 22.0. The molecule has 0 saturated heterocycles. The van der Waals surface area contributed by atoms with Crippen molar-refractivity contribution in [1.29, 1.82) is 0 Å². The van der Waals surface area contributed by atoms with Crippen molar-refractivity contribution in [3.8, 4) is 0 Å². The van der Waals surface area contributed by atoms with Crippen LogP contribution in [-0.2, 0) is 15.0 Å². The van der Waals surface area contributed by atoms with Crippen LogP contribution in [0, 0.1) is 0 Å². The van der Waals surface area contributed by atoms with E-state index in [-0.39, 0.29) is 29.3 Å². The summed E-state index contributed by atoms with van der Waals surface area (Å²) in [7, 11) is 1.81. The van der Waals surface area contributed by atoms with E-state index >= 15 is 0 Å². The summed E-state index contributed by atoms with van der Waals surface area (Å²) in [5.41, 5.74) is 2.59. The SMILES string of the molecule is CCCC(NC)C(=O)N(c1ccc(C(C)(C)C)cc1)C(C(=O)NC1CCCCC1)c1cccnc1. The second-order valence-corrected chi connectivity index (χ2v) is 10.7. The molecule has 1 fully saturated rings. The van der Waals surface area contributed by atoms with Gasteiger partial charge in [-0.3, -0.25) is 19.5 Å². The molecule has 0 radical (unpaired) electrons. The Hall–Kier alpha value is -2.73. The Kier molecular flexibility index (Phi) is 9.44. The van der Waals surface area contributed by atoms with Gasteiger partial charge in [0.05, 0.1) is 6.04 Å². The molecule has 0 bridgehead atoms. The third-order valence-electron chi connectivity index (χ3n) is 6.93. The molecule has 1 aromatic carbocycles. The molecule has 3 rings (SSSR count). The van der Waals surface area contributed by atoms with Crippen molar-refractivity contribution in [2.75, 3.05) is 11.9 Å². The monoisotopic (exact) mass is 478 g/mol. The van der Waals surface area contributed by atoms with Gasteiger partial charge in [-0.1, -0.05) is 71.6 Å². The molecule has 6 nitrogen and oxygen atoms in total. The Morgan fingerprint density at radius 3 is 2.31 bits per heavy atom. The van der Waals surface area contributed by atoms with Gasteiger partial charge in [0.15, 0.2) is 0 Å². The summed E-state index contributed by atoms with van der Waals surface area (Å²) >= 11 is 0. The number of carbonyl (C=O) groups excluding carboxylic acids is 2. The molecule has 190 valence electrons. The number of rotatable bonds is 9. The van der Waals surface area contributed by atoms with E-state index in [0.29, 0.717) is 17.7 Å². The summed E-state index contributed by atoms with van der Waals surface area (Å²) in [6, 6.07) is 10.7. The van der Waals surface area contributed by atoms with Crippen LogP contribution >= 0.6 is 0 Å². The lowest BCUT2D eigenvalue weighted by Gasteiger charge is -2.35. The normalized spacial score (nSPS) is 16.4. The predicted octanol–water partition coefficient (Wildman–Crippen LogP) is 5.29. The smallest absolute Gasteiger partial charge is 0.248 e. The topological polar surface area (TPSA) is 74.3 Å². The lowest BCUT2D eigenvalue weighted by atomic mass is 9.87. The number of benzene rings is 1. The molecule has 0 spiro atoms. The second-order valence-electron chi connectivity index (χ2n) is 10.7. The van der Waals surface area contributed by atoms with Gasteiger partial charge >= 0.3 is 0 Å². The number of amides is 2. The number of carbonyl (C=O) groups is 2. The molecule has 1 aromatic heterocycles. The third-order valence-corrected chi connectivity index (χ3v) is 6.93. The van der Waals surface area contributed by atoms with E-state index in [9.17, 15) is 9.59 Å². The molecule has 1 aliphatic carbocycles. The zero-order valence-corrected chi connectivity index (χ0v) is 22.0. The van der Waals surface area contributed by atoms with Crippen molar-refractivity contribution in [2.24, 2.45) is 0 Å². The first-order valence-electron chi connectivity index (χ1n) is 13.1. The summed E-state index contributed by atoms with van der Waals surface area (Å²) in [6.07, 6.45) is 10.4. The van der Waals surface area contributed by atoms with Crippen molar-refractivity contribution in [2.45, 2.75) is 96.2 Å². The Morgan fingerprint density at radius 1 is 1.09 bits per heavy atom. The molecule has 6 heteroatoms. The molecule has 35 heavy (non-hydrogen) atoms. The van der Waals surface area contributed by atoms with Crippen molar-refractivity contribution in [1.82, 2.24) is 15.6 Å². The van der Waals surface area contributed by atoms with E-state index in [4.69, 9.17) is 0 Å². The van der Waals surface area contributed by atoms with E-state index < -0.39 is 6.04 Å². The van der Waals surface area contributed by atoms with E-state index in [1.807, 2.05) is 24.3 Å². The van der Waals surface area contributed by atoms with E-state index in [1.165, 1.54) is 12.0 Å². The quantitative estimate of drug-likeness (QED) is 0.514. The van der Waals surface area contributed by atoms with E-state index in [0.717, 1.165) is 32.1 Å². The van der Waals surface area contributed by atoms with Crippen LogP contribution in [0.4, 0.5) is 5.69 Å². The van der Waals surface area contributed by atoms with Crippen LogP contribution in [-0.4, -0.2) is 35.9 Å². The molecule has 2 unspecified atom stereocenters. The Labute approximate surface area is 210 Å². The van der Waals surface area contributed by atoms with E-state index in [2.05, 4.69) is 55.4 Å². The highest BCUT2D eigenvalue weighted by Gasteiger charge is 2.36. The summed E-state index contributed by atoms with van der Waals surface area (Å²) in [6.45, 7) is 8.56. The largest absolute Gasteiger partial charge is 0.351 e. The summed E-state index contributed by atoms with van der Waals surface area (Å²) in [5.74, 6) is -0.255. The van der Waals surface area contributed by atoms with Crippen LogP contribution in [0.15, 0.2) is 48.8 Å². The van der Waals surface area contributed by atoms with Gasteiger partial charge in [-0.05, 0) is 55.5 Å². The molecule has 1 heterocycles. The van der Waals surface area contributed by atoms with Crippen LogP contribution < -0.4 is 15.5 Å². The minimum absolute atomic E-state index is 0.00972. The Bertz CT molecular complexity index is 947. The number of anilines is 1. The molecule has 2 atom stereocenters. The maximum absolute atomic E-state index is 14.0. The van der Waals surface area contributed by atoms with Crippen LogP contribution in [0.3, 0.4) is 0 Å². The molecular formula is C29H42N4O2. The second kappa shape index (κ2) is 12.3. The van der Waals surface area contributed by atoms with Crippen molar-refractivity contribution in [3.05, 3.63) is 59.9 Å². The summed E-state index contributed by atoms with van der Waals surface area (Å²) in [5, 5.41) is 6.44. The highest BCUT2D eigenvalue weighted by Crippen LogP contribution is 2.32. The third kappa shape index (κ3) is 6.91. The number of likely N-dealkylation sites (N-methyl/N-ethyl adjacent to an activating group) is 1. The predicted molar refractivity (Wildman–Crippen MR) is 142 cm³/mol. The number of aromatic nitrogens is 1. The van der Waals surface area contributed by atoms with Crippen LogP contribution in [0.1, 0.15) is 89.8 Å². The minimum Gasteiger partial charge on any atom is -0.351 e. The van der Waals surface area contributed by atoms with Gasteiger partial charge in [-0.15, -0.1) is 0 Å². The van der Waals surface area contributed by atoms with Crippen LogP contribution in [0.25, 0.3) is 0 Å². The molecule has 1 saturated carbocycles. The molecule has 2 amide bonds. The number of nitrogens with zero attached hydrogens (tertiary/aromatic N) is 2. The Morgan fingerprint density at radius 2 is 1.77 bits per heavy atom. The summed E-state index contributed by atoms with van der Waals surface area (Å²) in [4.78, 5) is 33.9. The van der Waals surface area contributed by atoms with Gasteiger partial charge < -0.3 is 10.6 Å². The molecule has 2 aromatic rings. The van der Waals surface area contributed by atoms with Gasteiger partial charge in [0, 0.05) is 29.7 Å². The lowest BCUT2D eigenvalue weighted by Crippen LogP contribution is -2.52. The number of hydrogen-bond acceptors (Lipinski definition) is 4. The molecule has 2 N–H and O–H groups in total. The highest BCUT2D eigenvalue weighted by atomic mass is 16.2. The number of hydrogen-bond donors (Lipinski definition) is 2. The first-order chi connectivity index (χ1) is 16.8. The molecule has 0 aliphatic heterocycles. The fraction of sp³-hybridized carbons (Fsp3) is 0.552. The van der Waals surface area contributed by atoms with Crippen LogP contribution in [0.5, 0.6) is 0 Å². The fourth-order valence-electron chi connectivity index (χ4n) is 4.86. The standard InChI is InChI=1S/C29H42N4O2/c1-6-11-25(30-5)28(35)33(24-17-15-22(16-18-24)29(2,3)4)26(21-12-10-19-31-20-21)27(34)32-23-13-8-7-9-14-23/h10,12,15-20,23,25-26,30H,6-9,11,13-14H2,1-5H3,(H,32,34). The van der Waals surface area contributed by atoms with Gasteiger partial charge in [0.25, 0.3) is 0 Å². The first kappa shape index (κ1) is 26.9. The number of nitrogens with one attached hydrogen (secondary N) is 2. The maximum atomic E-state index is 14.0. The van der Waals surface area contributed by atoms with Gasteiger partial charge in [0.1, 0.15) is 6.04 Å². The van der Waals surface area contributed by atoms with Crippen molar-refractivity contribution in [3.63, 3.8) is 0 Å². The van der Waals surface area contributed by atoms with Crippen LogP contribution in [0.2, 0.25) is 0 Å². The molecule has 1 aliphatic rings. The summed E-state index contributed by atoms with van der Waals surface area (Å²) < 4.78 is 0. The lowest BCUT2D eigenvalue weighted by molar-refractivity contribution is -0.128. The fourth-order valence-corrected chi connectivity index (χ4v) is 4.86. The maximum Gasteiger partial charge on any atom is 0.248 e. The average molecular weight is 479 g/mol. The van der Waals surface area contributed by atoms with E-state index in [1.54, 1.807) is 24.3 Å². The first-order valence-corrected chi connectivity index (χ1v) is 13.1. The number of pyridine rings is 1. The van der Waals surface area contributed by atoms with Gasteiger partial charge in [0.2, 0.25) is 11.8 Å². The van der Waals surface area contributed by atoms with Gasteiger partial charge in [-0.25, -0.2) is 0 Å². The zero-order chi connectivity index (χ0) is 25.4. The average Bonchev–Trinajstić information content (AvgIpc) is 2.86. The van der Waals surface area contributed by atoms with Crippen molar-refractivity contribution >= 4 is 17.5 Å².